The van der Waals surface area contributed by atoms with Crippen LogP contribution in [-0.2, 0) is 6.42 Å². The van der Waals surface area contributed by atoms with Gasteiger partial charge < -0.3 is 10.1 Å². The first-order valence-electron chi connectivity index (χ1n) is 6.86. The zero-order valence-electron chi connectivity index (χ0n) is 11.9. The molecule has 0 bridgehead atoms. The summed E-state index contributed by atoms with van der Waals surface area (Å²) in [7, 11) is 0. The molecule has 2 heterocycles. The highest BCUT2D eigenvalue weighted by atomic mass is 32.2. The Hall–Kier alpha value is -1.86. The number of rotatable bonds is 7. The van der Waals surface area contributed by atoms with Gasteiger partial charge in [-0.05, 0) is 23.8 Å². The van der Waals surface area contributed by atoms with Crippen LogP contribution in [0.5, 0.6) is 5.75 Å². The van der Waals surface area contributed by atoms with Crippen LogP contribution in [0.1, 0.15) is 15.9 Å². The van der Waals surface area contributed by atoms with Crippen molar-refractivity contribution >= 4 is 34.0 Å². The Kier molecular flexibility index (Phi) is 4.74. The predicted molar refractivity (Wildman–Crippen MR) is 89.3 cm³/mol. The molecule has 0 amide bonds. The van der Waals surface area contributed by atoms with E-state index in [0.29, 0.717) is 18.9 Å². The number of thioether (sulfide) groups is 1. The summed E-state index contributed by atoms with van der Waals surface area (Å²) in [6.07, 6.45) is 2.63. The maximum atomic E-state index is 12.3. The van der Waals surface area contributed by atoms with E-state index >= 15 is 0 Å². The number of carbonyl (C=O) groups excluding carboxylic acids is 1. The molecule has 0 saturated heterocycles. The van der Waals surface area contributed by atoms with Crippen molar-refractivity contribution in [3.63, 3.8) is 0 Å². The summed E-state index contributed by atoms with van der Waals surface area (Å²) in [4.78, 5) is 12.3. The normalized spacial score (nSPS) is 12.5. The lowest BCUT2D eigenvalue weighted by atomic mass is 10.1. The molecule has 0 unspecified atom stereocenters. The molecule has 114 valence electrons. The Balaban J connectivity index is 1.58. The summed E-state index contributed by atoms with van der Waals surface area (Å²) in [5.41, 5.74) is 1.84. The topological polar surface area (TPSA) is 64.1 Å². The van der Waals surface area contributed by atoms with Gasteiger partial charge in [-0.1, -0.05) is 29.2 Å². The van der Waals surface area contributed by atoms with E-state index in [4.69, 9.17) is 4.74 Å². The molecular formula is C15H15N3O2S2. The van der Waals surface area contributed by atoms with Crippen LogP contribution < -0.4 is 10.1 Å². The van der Waals surface area contributed by atoms with Crippen molar-refractivity contribution in [2.45, 2.75) is 10.8 Å². The molecule has 1 aliphatic rings. The second kappa shape index (κ2) is 6.93. The van der Waals surface area contributed by atoms with Crippen LogP contribution in [0.15, 0.2) is 35.2 Å². The number of carbonyl (C=O) groups is 1. The number of nitrogens with zero attached hydrogens (tertiary/aromatic N) is 2. The number of benzene rings is 1. The van der Waals surface area contributed by atoms with E-state index in [1.54, 1.807) is 6.08 Å². The highest BCUT2D eigenvalue weighted by molar-refractivity contribution is 8.01. The molecule has 1 aromatic heterocycles. The van der Waals surface area contributed by atoms with E-state index in [9.17, 15) is 4.79 Å². The fourth-order valence-corrected chi connectivity index (χ4v) is 3.72. The summed E-state index contributed by atoms with van der Waals surface area (Å²) in [6, 6.07) is 5.63. The zero-order chi connectivity index (χ0) is 15.4. The van der Waals surface area contributed by atoms with Crippen LogP contribution >= 0.6 is 23.1 Å². The van der Waals surface area contributed by atoms with Gasteiger partial charge in [0.2, 0.25) is 5.13 Å². The summed E-state index contributed by atoms with van der Waals surface area (Å²) < 4.78 is 6.23. The smallest absolute Gasteiger partial charge is 0.206 e. The minimum Gasteiger partial charge on any atom is -0.493 e. The molecular weight excluding hydrogens is 318 g/mol. The van der Waals surface area contributed by atoms with Gasteiger partial charge in [0.1, 0.15) is 5.75 Å². The number of anilines is 1. The van der Waals surface area contributed by atoms with Crippen LogP contribution in [0.2, 0.25) is 0 Å². The largest absolute Gasteiger partial charge is 0.493 e. The minimum absolute atomic E-state index is 0.0931. The van der Waals surface area contributed by atoms with Crippen LogP contribution in [0.4, 0.5) is 5.13 Å². The number of aromatic nitrogens is 2. The lowest BCUT2D eigenvalue weighted by Crippen LogP contribution is -2.02. The van der Waals surface area contributed by atoms with Crippen LogP contribution in [0, 0.1) is 0 Å². The summed E-state index contributed by atoms with van der Waals surface area (Å²) in [5, 5.41) is 11.9. The van der Waals surface area contributed by atoms with E-state index in [2.05, 4.69) is 22.1 Å². The molecule has 5 nitrogen and oxygen atoms in total. The van der Waals surface area contributed by atoms with Crippen molar-refractivity contribution in [1.29, 1.82) is 0 Å². The molecule has 1 aromatic carbocycles. The second-order valence-corrected chi connectivity index (χ2v) is 6.88. The van der Waals surface area contributed by atoms with E-state index < -0.39 is 0 Å². The quantitative estimate of drug-likeness (QED) is 0.477. The zero-order valence-corrected chi connectivity index (χ0v) is 13.5. The van der Waals surface area contributed by atoms with Crippen molar-refractivity contribution < 1.29 is 9.53 Å². The Labute approximate surface area is 136 Å². The molecule has 0 saturated carbocycles. The van der Waals surface area contributed by atoms with Crippen LogP contribution in [-0.4, -0.2) is 34.9 Å². The minimum atomic E-state index is 0.0931. The van der Waals surface area contributed by atoms with E-state index in [1.807, 2.05) is 18.2 Å². The molecule has 22 heavy (non-hydrogen) atoms. The highest BCUT2D eigenvalue weighted by Crippen LogP contribution is 2.28. The lowest BCUT2D eigenvalue weighted by molar-refractivity contribution is 0.102. The average Bonchev–Trinajstić information content (AvgIpc) is 3.18. The standard InChI is InChI=1S/C15H15N3O2S2/c1-2-6-16-14-17-18-15(22-14)21-9-12(19)10-3-4-13-11(8-10)5-7-20-13/h2-4,8H,1,5-7,9H2,(H,16,17). The van der Waals surface area contributed by atoms with E-state index in [0.717, 1.165) is 32.8 Å². The molecule has 0 radical (unpaired) electrons. The van der Waals surface area contributed by atoms with Gasteiger partial charge in [0.05, 0.1) is 12.4 Å². The Morgan fingerprint density at radius 1 is 1.50 bits per heavy atom. The van der Waals surface area contributed by atoms with Gasteiger partial charge in [0.15, 0.2) is 10.1 Å². The summed E-state index contributed by atoms with van der Waals surface area (Å²) in [5.74, 6) is 1.34. The predicted octanol–water partition coefficient (Wildman–Crippen LogP) is 3.05. The van der Waals surface area contributed by atoms with Crippen LogP contribution in [0.3, 0.4) is 0 Å². The van der Waals surface area contributed by atoms with Crippen molar-refractivity contribution in [2.24, 2.45) is 0 Å². The molecule has 0 atom stereocenters. The fraction of sp³-hybridized carbons (Fsp3) is 0.267. The van der Waals surface area contributed by atoms with Gasteiger partial charge in [-0.25, -0.2) is 0 Å². The Morgan fingerprint density at radius 2 is 2.41 bits per heavy atom. The first-order valence-corrected chi connectivity index (χ1v) is 8.66. The molecule has 0 aliphatic carbocycles. The number of Topliss-reactive ketones (excluding diaryl/α,β-unsaturated/α-hetero) is 1. The first-order chi connectivity index (χ1) is 10.8. The summed E-state index contributed by atoms with van der Waals surface area (Å²) >= 11 is 2.85. The number of ether oxygens (including phenoxy) is 1. The van der Waals surface area contributed by atoms with Gasteiger partial charge in [-0.15, -0.1) is 16.8 Å². The SMILES string of the molecule is C=CCNc1nnc(SCC(=O)c2ccc3c(c2)CCO3)s1. The Bertz CT molecular complexity index is 700. The lowest BCUT2D eigenvalue weighted by Gasteiger charge is -2.02. The number of hydrogen-bond acceptors (Lipinski definition) is 7. The molecule has 2 aromatic rings. The maximum Gasteiger partial charge on any atom is 0.206 e. The fourth-order valence-electron chi connectivity index (χ4n) is 2.07. The molecule has 3 rings (SSSR count). The number of fused-ring (bicyclic) bond motifs is 1. The number of hydrogen-bond donors (Lipinski definition) is 1. The third-order valence-electron chi connectivity index (χ3n) is 3.14. The molecule has 1 aliphatic heterocycles. The van der Waals surface area contributed by atoms with Gasteiger partial charge in [-0.2, -0.15) is 0 Å². The Morgan fingerprint density at radius 3 is 3.27 bits per heavy atom. The van der Waals surface area contributed by atoms with Gasteiger partial charge in [0, 0.05) is 18.5 Å². The van der Waals surface area contributed by atoms with E-state index in [1.165, 1.54) is 23.1 Å². The second-order valence-electron chi connectivity index (χ2n) is 4.68. The van der Waals surface area contributed by atoms with E-state index in [-0.39, 0.29) is 5.78 Å². The third kappa shape index (κ3) is 3.48. The van der Waals surface area contributed by atoms with Crippen molar-refractivity contribution in [3.8, 4) is 5.75 Å². The molecule has 0 fully saturated rings. The number of nitrogens with one attached hydrogen (secondary N) is 1. The van der Waals surface area contributed by atoms with Gasteiger partial charge in [-0.3, -0.25) is 4.79 Å². The molecule has 7 heteroatoms. The molecule has 0 spiro atoms. The summed E-state index contributed by atoms with van der Waals surface area (Å²) in [6.45, 7) is 4.99. The molecule has 1 N–H and O–H groups in total. The van der Waals surface area contributed by atoms with Crippen LogP contribution in [0.25, 0.3) is 0 Å². The van der Waals surface area contributed by atoms with Gasteiger partial charge >= 0.3 is 0 Å². The number of ketones is 1. The average molecular weight is 333 g/mol. The van der Waals surface area contributed by atoms with Gasteiger partial charge in [0.25, 0.3) is 0 Å². The first kappa shape index (κ1) is 15.1. The monoisotopic (exact) mass is 333 g/mol. The van der Waals surface area contributed by atoms with Crippen molar-refractivity contribution in [3.05, 3.63) is 42.0 Å². The maximum absolute atomic E-state index is 12.3. The van der Waals surface area contributed by atoms with Crippen molar-refractivity contribution in [2.75, 3.05) is 24.2 Å². The highest BCUT2D eigenvalue weighted by Gasteiger charge is 2.15. The third-order valence-corrected chi connectivity index (χ3v) is 5.16. The van der Waals surface area contributed by atoms with Crippen molar-refractivity contribution in [1.82, 2.24) is 10.2 Å².